The van der Waals surface area contributed by atoms with Crippen LogP contribution in [-0.2, 0) is 11.8 Å². The van der Waals surface area contributed by atoms with E-state index in [1.165, 1.54) is 17.8 Å². The summed E-state index contributed by atoms with van der Waals surface area (Å²) >= 11 is 13.4. The predicted molar refractivity (Wildman–Crippen MR) is 142 cm³/mol. The van der Waals surface area contributed by atoms with E-state index >= 15 is 0 Å². The van der Waals surface area contributed by atoms with Crippen LogP contribution in [0, 0.1) is 5.92 Å². The summed E-state index contributed by atoms with van der Waals surface area (Å²) in [5.41, 5.74) is 2.23. The molecule has 10 heteroatoms. The van der Waals surface area contributed by atoms with E-state index < -0.39 is 6.04 Å². The minimum atomic E-state index is -0.409. The lowest BCUT2D eigenvalue weighted by Crippen LogP contribution is -2.33. The van der Waals surface area contributed by atoms with E-state index in [-0.39, 0.29) is 28.5 Å². The highest BCUT2D eigenvalue weighted by atomic mass is 35.5. The highest BCUT2D eigenvalue weighted by molar-refractivity contribution is 7.99. The molecular weight excluding hydrogens is 505 g/mol. The van der Waals surface area contributed by atoms with Crippen molar-refractivity contribution in [1.82, 2.24) is 20.1 Å². The van der Waals surface area contributed by atoms with Gasteiger partial charge in [-0.3, -0.25) is 9.59 Å². The van der Waals surface area contributed by atoms with Crippen molar-refractivity contribution in [2.45, 2.75) is 44.8 Å². The number of thioether (sulfide) groups is 1. The third kappa shape index (κ3) is 6.78. The topological polar surface area (TPSA) is 88.9 Å². The van der Waals surface area contributed by atoms with Gasteiger partial charge in [-0.1, -0.05) is 80.9 Å². The molecule has 0 aliphatic rings. The van der Waals surface area contributed by atoms with Gasteiger partial charge in [0.05, 0.1) is 22.4 Å². The van der Waals surface area contributed by atoms with Gasteiger partial charge in [0, 0.05) is 17.8 Å². The summed E-state index contributed by atoms with van der Waals surface area (Å²) < 4.78 is 1.80. The van der Waals surface area contributed by atoms with E-state index in [1.807, 2.05) is 45.2 Å². The number of para-hydroxylation sites is 1. The normalized spacial score (nSPS) is 12.1. The standard InChI is InChI=1S/C25H29Cl2N5O2S/c1-14(2)17-8-6-7-9-20(17)28-21(33)13-35-25-31-30-23(32(25)5)22(15(3)4)29-24(34)18-11-10-16(26)12-19(18)27/h6-12,14-15,22H,13H2,1-5H3,(H,28,33)(H,29,34)/t22-/m1/s1. The molecule has 0 bridgehead atoms. The Bertz CT molecular complexity index is 1210. The Labute approximate surface area is 220 Å². The van der Waals surface area contributed by atoms with E-state index in [0.717, 1.165) is 11.3 Å². The second-order valence-electron chi connectivity index (χ2n) is 8.80. The fourth-order valence-corrected chi connectivity index (χ4v) is 4.79. The minimum absolute atomic E-state index is 0.0293. The second-order valence-corrected chi connectivity index (χ2v) is 10.6. The molecule has 0 saturated heterocycles. The Morgan fingerprint density at radius 1 is 1.06 bits per heavy atom. The zero-order valence-electron chi connectivity index (χ0n) is 20.3. The number of nitrogens with one attached hydrogen (secondary N) is 2. The molecule has 0 unspecified atom stereocenters. The largest absolute Gasteiger partial charge is 0.342 e. The van der Waals surface area contributed by atoms with Crippen molar-refractivity contribution in [2.24, 2.45) is 13.0 Å². The van der Waals surface area contributed by atoms with Crippen LogP contribution in [0.2, 0.25) is 10.0 Å². The Balaban J connectivity index is 1.69. The van der Waals surface area contributed by atoms with Gasteiger partial charge in [-0.05, 0) is 41.7 Å². The van der Waals surface area contributed by atoms with Gasteiger partial charge in [-0.15, -0.1) is 10.2 Å². The molecule has 3 aromatic rings. The van der Waals surface area contributed by atoms with Crippen molar-refractivity contribution in [2.75, 3.05) is 11.1 Å². The zero-order valence-corrected chi connectivity index (χ0v) is 22.6. The van der Waals surface area contributed by atoms with Gasteiger partial charge < -0.3 is 15.2 Å². The summed E-state index contributed by atoms with van der Waals surface area (Å²) in [4.78, 5) is 25.5. The molecule has 186 valence electrons. The fraction of sp³-hybridized carbons (Fsp3) is 0.360. The monoisotopic (exact) mass is 533 g/mol. The lowest BCUT2D eigenvalue weighted by Gasteiger charge is -2.22. The van der Waals surface area contributed by atoms with Crippen molar-refractivity contribution in [3.63, 3.8) is 0 Å². The number of rotatable bonds is 9. The van der Waals surface area contributed by atoms with Gasteiger partial charge in [-0.2, -0.15) is 0 Å². The lowest BCUT2D eigenvalue weighted by molar-refractivity contribution is -0.113. The molecule has 0 saturated carbocycles. The molecule has 0 radical (unpaired) electrons. The Morgan fingerprint density at radius 3 is 2.43 bits per heavy atom. The molecule has 35 heavy (non-hydrogen) atoms. The minimum Gasteiger partial charge on any atom is -0.342 e. The van der Waals surface area contributed by atoms with E-state index in [9.17, 15) is 9.59 Å². The van der Waals surface area contributed by atoms with E-state index in [1.54, 1.807) is 16.7 Å². The molecule has 2 N–H and O–H groups in total. The number of anilines is 1. The van der Waals surface area contributed by atoms with Crippen LogP contribution < -0.4 is 10.6 Å². The van der Waals surface area contributed by atoms with Crippen LogP contribution in [0.4, 0.5) is 5.69 Å². The molecule has 3 rings (SSSR count). The quantitative estimate of drug-likeness (QED) is 0.324. The SMILES string of the molecule is CC(C)c1ccccc1NC(=O)CSc1nnc([C@H](NC(=O)c2ccc(Cl)cc2Cl)C(C)C)n1C. The number of benzene rings is 2. The van der Waals surface area contributed by atoms with Crippen LogP contribution in [0.3, 0.4) is 0 Å². The first-order chi connectivity index (χ1) is 16.6. The first-order valence-corrected chi connectivity index (χ1v) is 13.0. The molecule has 2 aromatic carbocycles. The summed E-state index contributed by atoms with van der Waals surface area (Å²) in [6, 6.07) is 12.1. The molecule has 1 aromatic heterocycles. The van der Waals surface area contributed by atoms with Crippen molar-refractivity contribution >= 4 is 52.5 Å². The number of carbonyl (C=O) groups excluding carboxylic acids is 2. The van der Waals surface area contributed by atoms with Crippen LogP contribution in [0.25, 0.3) is 0 Å². The molecule has 0 spiro atoms. The van der Waals surface area contributed by atoms with Gasteiger partial charge in [0.1, 0.15) is 0 Å². The van der Waals surface area contributed by atoms with Crippen molar-refractivity contribution < 1.29 is 9.59 Å². The summed E-state index contributed by atoms with van der Waals surface area (Å²) in [6.07, 6.45) is 0. The number of nitrogens with zero attached hydrogens (tertiary/aromatic N) is 3. The molecular formula is C25H29Cl2N5O2S. The zero-order chi connectivity index (χ0) is 25.7. The molecule has 0 fully saturated rings. The van der Waals surface area contributed by atoms with Crippen molar-refractivity contribution in [3.05, 3.63) is 69.5 Å². The Kier molecular flexibility index (Phi) is 9.21. The number of amides is 2. The molecule has 1 atom stereocenters. The summed E-state index contributed by atoms with van der Waals surface area (Å²) in [7, 11) is 1.82. The lowest BCUT2D eigenvalue weighted by atomic mass is 10.0. The predicted octanol–water partition coefficient (Wildman–Crippen LogP) is 6.10. The Morgan fingerprint density at radius 2 is 1.77 bits per heavy atom. The molecule has 7 nitrogen and oxygen atoms in total. The van der Waals surface area contributed by atoms with E-state index in [0.29, 0.717) is 27.5 Å². The van der Waals surface area contributed by atoms with Gasteiger partial charge in [-0.25, -0.2) is 0 Å². The maximum atomic E-state index is 12.9. The summed E-state index contributed by atoms with van der Waals surface area (Å²) in [6.45, 7) is 8.14. The van der Waals surface area contributed by atoms with Crippen LogP contribution in [0.15, 0.2) is 47.6 Å². The van der Waals surface area contributed by atoms with Gasteiger partial charge in [0.15, 0.2) is 11.0 Å². The van der Waals surface area contributed by atoms with Gasteiger partial charge in [0.2, 0.25) is 5.91 Å². The summed E-state index contributed by atoms with van der Waals surface area (Å²) in [5, 5.41) is 15.9. The first-order valence-electron chi connectivity index (χ1n) is 11.2. The Hall–Kier alpha value is -2.55. The number of carbonyl (C=O) groups is 2. The second kappa shape index (κ2) is 11.9. The molecule has 0 aliphatic heterocycles. The van der Waals surface area contributed by atoms with Crippen LogP contribution in [0.1, 0.15) is 61.4 Å². The highest BCUT2D eigenvalue weighted by Gasteiger charge is 2.26. The average molecular weight is 535 g/mol. The summed E-state index contributed by atoms with van der Waals surface area (Å²) in [5.74, 6) is 0.640. The third-order valence-corrected chi connectivity index (χ3v) is 7.03. The van der Waals surface area contributed by atoms with E-state index in [4.69, 9.17) is 23.2 Å². The number of hydrogen-bond donors (Lipinski definition) is 2. The number of hydrogen-bond acceptors (Lipinski definition) is 5. The molecule has 2 amide bonds. The maximum Gasteiger partial charge on any atom is 0.253 e. The van der Waals surface area contributed by atoms with Gasteiger partial charge in [0.25, 0.3) is 5.91 Å². The maximum absolute atomic E-state index is 12.9. The van der Waals surface area contributed by atoms with Crippen LogP contribution in [0.5, 0.6) is 0 Å². The highest BCUT2D eigenvalue weighted by Crippen LogP contribution is 2.27. The number of halogens is 2. The van der Waals surface area contributed by atoms with Crippen molar-refractivity contribution in [1.29, 1.82) is 0 Å². The fourth-order valence-electron chi connectivity index (χ4n) is 3.58. The van der Waals surface area contributed by atoms with E-state index in [2.05, 4.69) is 34.7 Å². The molecule has 1 heterocycles. The van der Waals surface area contributed by atoms with Gasteiger partial charge >= 0.3 is 0 Å². The van der Waals surface area contributed by atoms with Crippen LogP contribution >= 0.6 is 35.0 Å². The average Bonchev–Trinajstić information content (AvgIpc) is 3.15. The molecule has 0 aliphatic carbocycles. The van der Waals surface area contributed by atoms with Crippen molar-refractivity contribution in [3.8, 4) is 0 Å². The third-order valence-electron chi connectivity index (χ3n) is 5.47. The smallest absolute Gasteiger partial charge is 0.253 e. The number of aromatic nitrogens is 3. The first kappa shape index (κ1) is 27.0. The van der Waals surface area contributed by atoms with Crippen LogP contribution in [-0.4, -0.2) is 32.3 Å².